The lowest BCUT2D eigenvalue weighted by Gasteiger charge is -2.24. The van der Waals surface area contributed by atoms with Gasteiger partial charge in [-0.15, -0.1) is 0 Å². The molecule has 0 radical (unpaired) electrons. The highest BCUT2D eigenvalue weighted by atomic mass is 35.5. The van der Waals surface area contributed by atoms with Crippen LogP contribution in [0.3, 0.4) is 0 Å². The number of nitrogens with zero attached hydrogens (tertiary/aromatic N) is 2. The van der Waals surface area contributed by atoms with E-state index >= 15 is 0 Å². The van der Waals surface area contributed by atoms with Gasteiger partial charge < -0.3 is 10.1 Å². The van der Waals surface area contributed by atoms with E-state index in [1.807, 2.05) is 22.9 Å². The van der Waals surface area contributed by atoms with Gasteiger partial charge in [-0.25, -0.2) is 4.68 Å². The maximum absolute atomic E-state index is 6.23. The van der Waals surface area contributed by atoms with Crippen LogP contribution in [0.5, 0.6) is 5.75 Å². The molecule has 0 amide bonds. The van der Waals surface area contributed by atoms with Gasteiger partial charge in [0.2, 0.25) is 0 Å². The number of fused-ring (bicyclic) bond motifs is 1. The van der Waals surface area contributed by atoms with Crippen LogP contribution in [0.1, 0.15) is 49.3 Å². The maximum Gasteiger partial charge on any atom is 0.144 e. The number of hydrogen-bond acceptors (Lipinski definition) is 3. The van der Waals surface area contributed by atoms with Crippen molar-refractivity contribution in [3.63, 3.8) is 0 Å². The minimum atomic E-state index is 0.620. The molecule has 1 fully saturated rings. The van der Waals surface area contributed by atoms with E-state index in [0.29, 0.717) is 10.9 Å². The SMILES string of the molecule is COc1ccc(Cl)cc1-n1nc(C2CCC2)c2c1NCCCC2. The fourth-order valence-electron chi connectivity index (χ4n) is 3.54. The first kappa shape index (κ1) is 14.9. The molecule has 1 aromatic carbocycles. The van der Waals surface area contributed by atoms with Crippen LogP contribution in [0.2, 0.25) is 5.02 Å². The van der Waals surface area contributed by atoms with Crippen LogP contribution in [0.25, 0.3) is 5.69 Å². The number of rotatable bonds is 3. The Kier molecular flexibility index (Phi) is 3.93. The van der Waals surface area contributed by atoms with Crippen LogP contribution in [-0.4, -0.2) is 23.4 Å². The summed E-state index contributed by atoms with van der Waals surface area (Å²) in [6.07, 6.45) is 7.37. The van der Waals surface area contributed by atoms with Crippen LogP contribution >= 0.6 is 11.6 Å². The average Bonchev–Trinajstić information content (AvgIpc) is 2.69. The fraction of sp³-hybridized carbons (Fsp3) is 0.500. The zero-order valence-corrected chi connectivity index (χ0v) is 14.2. The van der Waals surface area contributed by atoms with Crippen molar-refractivity contribution in [3.8, 4) is 11.4 Å². The Morgan fingerprint density at radius 2 is 2.13 bits per heavy atom. The first-order valence-electron chi connectivity index (χ1n) is 8.47. The summed E-state index contributed by atoms with van der Waals surface area (Å²) in [6, 6.07) is 5.70. The predicted octanol–water partition coefficient (Wildman–Crippen LogP) is 4.55. The van der Waals surface area contributed by atoms with Crippen LogP contribution in [0.4, 0.5) is 5.82 Å². The summed E-state index contributed by atoms with van der Waals surface area (Å²) in [4.78, 5) is 0. The molecule has 1 aliphatic heterocycles. The van der Waals surface area contributed by atoms with E-state index in [0.717, 1.165) is 30.2 Å². The number of hydrogen-bond donors (Lipinski definition) is 1. The topological polar surface area (TPSA) is 39.1 Å². The minimum absolute atomic E-state index is 0.620. The molecule has 0 bridgehead atoms. The molecule has 4 rings (SSSR count). The second-order valence-corrected chi connectivity index (χ2v) is 6.89. The van der Waals surface area contributed by atoms with Crippen molar-refractivity contribution < 1.29 is 4.74 Å². The average molecular weight is 332 g/mol. The third-order valence-corrected chi connectivity index (χ3v) is 5.26. The van der Waals surface area contributed by atoms with Gasteiger partial charge in [0.25, 0.3) is 0 Å². The zero-order valence-electron chi connectivity index (χ0n) is 13.4. The number of ether oxygens (including phenoxy) is 1. The first-order valence-corrected chi connectivity index (χ1v) is 8.85. The van der Waals surface area contributed by atoms with Crippen molar-refractivity contribution in [2.24, 2.45) is 0 Å². The monoisotopic (exact) mass is 331 g/mol. The van der Waals surface area contributed by atoms with Crippen molar-refractivity contribution >= 4 is 17.4 Å². The molecule has 2 aromatic rings. The Hall–Kier alpha value is -1.68. The molecule has 2 heterocycles. The molecule has 4 nitrogen and oxygen atoms in total. The van der Waals surface area contributed by atoms with Gasteiger partial charge in [-0.1, -0.05) is 18.0 Å². The number of nitrogens with one attached hydrogen (secondary N) is 1. The third kappa shape index (κ3) is 2.59. The number of halogens is 1. The highest BCUT2D eigenvalue weighted by Crippen LogP contribution is 2.42. The van der Waals surface area contributed by atoms with E-state index in [1.165, 1.54) is 43.4 Å². The smallest absolute Gasteiger partial charge is 0.144 e. The second-order valence-electron chi connectivity index (χ2n) is 6.45. The quantitative estimate of drug-likeness (QED) is 0.896. The summed E-state index contributed by atoms with van der Waals surface area (Å²) in [5.74, 6) is 2.55. The maximum atomic E-state index is 6.23. The van der Waals surface area contributed by atoms with Crippen LogP contribution in [0.15, 0.2) is 18.2 Å². The van der Waals surface area contributed by atoms with E-state index < -0.39 is 0 Å². The van der Waals surface area contributed by atoms with Gasteiger partial charge in [-0.2, -0.15) is 5.10 Å². The summed E-state index contributed by atoms with van der Waals surface area (Å²) < 4.78 is 7.55. The highest BCUT2D eigenvalue weighted by Gasteiger charge is 2.30. The van der Waals surface area contributed by atoms with Crippen molar-refractivity contribution in [1.82, 2.24) is 9.78 Å². The molecular weight excluding hydrogens is 310 g/mol. The van der Waals surface area contributed by atoms with E-state index in [1.54, 1.807) is 7.11 Å². The van der Waals surface area contributed by atoms with E-state index in [-0.39, 0.29) is 0 Å². The number of anilines is 1. The minimum Gasteiger partial charge on any atom is -0.494 e. The van der Waals surface area contributed by atoms with Crippen molar-refractivity contribution in [2.75, 3.05) is 19.0 Å². The van der Waals surface area contributed by atoms with Crippen LogP contribution < -0.4 is 10.1 Å². The predicted molar refractivity (Wildman–Crippen MR) is 93.1 cm³/mol. The lowest BCUT2D eigenvalue weighted by molar-refractivity contribution is 0.403. The van der Waals surface area contributed by atoms with E-state index in [9.17, 15) is 0 Å². The Morgan fingerprint density at radius 3 is 2.87 bits per heavy atom. The fourth-order valence-corrected chi connectivity index (χ4v) is 3.71. The number of aromatic nitrogens is 2. The second kappa shape index (κ2) is 6.08. The molecule has 1 N–H and O–H groups in total. The number of benzene rings is 1. The lowest BCUT2D eigenvalue weighted by atomic mass is 9.81. The molecule has 1 aromatic heterocycles. The summed E-state index contributed by atoms with van der Waals surface area (Å²) >= 11 is 6.23. The molecule has 2 aliphatic rings. The largest absolute Gasteiger partial charge is 0.494 e. The molecule has 0 spiro atoms. The lowest BCUT2D eigenvalue weighted by Crippen LogP contribution is -2.12. The zero-order chi connectivity index (χ0) is 15.8. The summed E-state index contributed by atoms with van der Waals surface area (Å²) in [5.41, 5.74) is 3.59. The summed E-state index contributed by atoms with van der Waals surface area (Å²) in [6.45, 7) is 0.992. The first-order chi connectivity index (χ1) is 11.3. The summed E-state index contributed by atoms with van der Waals surface area (Å²) in [7, 11) is 1.69. The molecular formula is C18H22ClN3O. The van der Waals surface area contributed by atoms with Crippen LogP contribution in [0, 0.1) is 0 Å². The van der Waals surface area contributed by atoms with Crippen molar-refractivity contribution in [3.05, 3.63) is 34.5 Å². The van der Waals surface area contributed by atoms with Gasteiger partial charge in [0, 0.05) is 23.0 Å². The highest BCUT2D eigenvalue weighted by molar-refractivity contribution is 6.30. The van der Waals surface area contributed by atoms with Gasteiger partial charge >= 0.3 is 0 Å². The molecule has 1 aliphatic carbocycles. The Bertz CT molecular complexity index is 721. The Morgan fingerprint density at radius 1 is 1.26 bits per heavy atom. The standard InChI is InChI=1S/C18H22ClN3O/c1-23-16-9-8-13(19)11-15(16)22-18-14(7-2-3-10-20-18)17(21-22)12-5-4-6-12/h8-9,11-12,20H,2-7,10H2,1H3. The molecule has 122 valence electrons. The molecule has 1 saturated carbocycles. The van der Waals surface area contributed by atoms with Gasteiger partial charge in [0.15, 0.2) is 0 Å². The molecule has 0 atom stereocenters. The normalized spacial score (nSPS) is 17.8. The van der Waals surface area contributed by atoms with Crippen LogP contribution in [-0.2, 0) is 6.42 Å². The summed E-state index contributed by atoms with van der Waals surface area (Å²) in [5, 5.41) is 9.28. The van der Waals surface area contributed by atoms with E-state index in [2.05, 4.69) is 5.32 Å². The van der Waals surface area contributed by atoms with Gasteiger partial charge in [-0.3, -0.25) is 0 Å². The van der Waals surface area contributed by atoms with Gasteiger partial charge in [-0.05, 0) is 50.3 Å². The Balaban J connectivity index is 1.88. The molecule has 23 heavy (non-hydrogen) atoms. The molecule has 0 saturated heterocycles. The molecule has 0 unspecified atom stereocenters. The van der Waals surface area contributed by atoms with Gasteiger partial charge in [0.05, 0.1) is 12.8 Å². The third-order valence-electron chi connectivity index (χ3n) is 5.02. The Labute approximate surface area is 141 Å². The van der Waals surface area contributed by atoms with E-state index in [4.69, 9.17) is 21.4 Å². The molecule has 5 heteroatoms. The van der Waals surface area contributed by atoms with Gasteiger partial charge in [0.1, 0.15) is 17.3 Å². The van der Waals surface area contributed by atoms with Crippen molar-refractivity contribution in [2.45, 2.75) is 44.4 Å². The number of methoxy groups -OCH3 is 1. The van der Waals surface area contributed by atoms with Crippen molar-refractivity contribution in [1.29, 1.82) is 0 Å².